The molecule has 1 aromatic rings. The first-order chi connectivity index (χ1) is 7.79. The molecule has 1 aliphatic rings. The van der Waals surface area contributed by atoms with Gasteiger partial charge in [-0.15, -0.1) is 0 Å². The van der Waals surface area contributed by atoms with Gasteiger partial charge in [0.1, 0.15) is 11.6 Å². The summed E-state index contributed by atoms with van der Waals surface area (Å²) in [4.78, 5) is 8.27. The summed E-state index contributed by atoms with van der Waals surface area (Å²) < 4.78 is 0. The van der Waals surface area contributed by atoms with Crippen LogP contribution in [0.25, 0.3) is 0 Å². The smallest absolute Gasteiger partial charge is 0.147 e. The largest absolute Gasteiger partial charge is 0.382 e. The number of hydrogen-bond donors (Lipinski definition) is 2. The summed E-state index contributed by atoms with van der Waals surface area (Å²) in [6.45, 7) is 2.21. The van der Waals surface area contributed by atoms with Crippen LogP contribution in [0.15, 0.2) is 12.4 Å². The van der Waals surface area contributed by atoms with E-state index in [1.54, 1.807) is 12.4 Å². The molecule has 0 bridgehead atoms. The van der Waals surface area contributed by atoms with Crippen LogP contribution in [0.2, 0.25) is 0 Å². The number of nitrogens with two attached hydrogens (primary N) is 1. The van der Waals surface area contributed by atoms with Crippen molar-refractivity contribution in [3.05, 3.63) is 12.4 Å². The van der Waals surface area contributed by atoms with E-state index in [1.165, 1.54) is 25.0 Å². The summed E-state index contributed by atoms with van der Waals surface area (Å²) in [7, 11) is 0. The van der Waals surface area contributed by atoms with E-state index in [4.69, 9.17) is 5.73 Å². The molecular formula is C11H18N4S. The molecular weight excluding hydrogens is 220 g/mol. The van der Waals surface area contributed by atoms with Gasteiger partial charge in [-0.3, -0.25) is 4.98 Å². The topological polar surface area (TPSA) is 63.8 Å². The summed E-state index contributed by atoms with van der Waals surface area (Å²) in [5.41, 5.74) is 5.61. The van der Waals surface area contributed by atoms with Crippen molar-refractivity contribution in [2.45, 2.75) is 37.5 Å². The Kier molecular flexibility index (Phi) is 3.88. The molecule has 0 aromatic carbocycles. The summed E-state index contributed by atoms with van der Waals surface area (Å²) in [6.07, 6.45) is 7.12. The lowest BCUT2D eigenvalue weighted by Gasteiger charge is -2.20. The van der Waals surface area contributed by atoms with Crippen LogP contribution in [0.3, 0.4) is 0 Å². The number of rotatable bonds is 4. The molecule has 88 valence electrons. The van der Waals surface area contributed by atoms with Crippen molar-refractivity contribution in [1.29, 1.82) is 0 Å². The molecule has 0 amide bonds. The number of nitrogen functional groups attached to an aromatic ring is 1. The fourth-order valence-corrected chi connectivity index (χ4v) is 3.34. The Hall–Kier alpha value is -0.970. The predicted molar refractivity (Wildman–Crippen MR) is 69.6 cm³/mol. The van der Waals surface area contributed by atoms with E-state index in [1.807, 2.05) is 11.8 Å². The molecule has 1 aromatic heterocycles. The average Bonchev–Trinajstić information content (AvgIpc) is 2.66. The maximum Gasteiger partial charge on any atom is 0.147 e. The minimum atomic E-state index is 0.475. The standard InChI is InChI=1S/C11H18N4S/c1-2-16-9-5-3-4-8(9)14-11-7-13-6-10(12)15-11/h6-9H,2-5H2,1H3,(H3,12,14,15). The number of nitrogens with one attached hydrogen (secondary N) is 1. The predicted octanol–water partition coefficient (Wildman–Crippen LogP) is 2.14. The fraction of sp³-hybridized carbons (Fsp3) is 0.636. The molecule has 16 heavy (non-hydrogen) atoms. The molecule has 3 N–H and O–H groups in total. The SMILES string of the molecule is CCSC1CCCC1Nc1cncc(N)n1. The molecule has 1 aliphatic carbocycles. The fourth-order valence-electron chi connectivity index (χ4n) is 2.15. The lowest BCUT2D eigenvalue weighted by atomic mass is 10.2. The minimum absolute atomic E-state index is 0.475. The molecule has 0 radical (unpaired) electrons. The molecule has 2 rings (SSSR count). The van der Waals surface area contributed by atoms with E-state index in [2.05, 4.69) is 22.2 Å². The molecule has 2 unspecified atom stereocenters. The molecule has 1 heterocycles. The van der Waals surface area contributed by atoms with E-state index < -0.39 is 0 Å². The Morgan fingerprint density at radius 2 is 2.38 bits per heavy atom. The molecule has 0 aliphatic heterocycles. The second-order valence-electron chi connectivity index (χ2n) is 4.00. The first kappa shape index (κ1) is 11.5. The van der Waals surface area contributed by atoms with Gasteiger partial charge < -0.3 is 11.1 Å². The molecule has 5 heteroatoms. The normalized spacial score (nSPS) is 24.6. The number of thioether (sulfide) groups is 1. The average molecular weight is 238 g/mol. The first-order valence-electron chi connectivity index (χ1n) is 5.75. The summed E-state index contributed by atoms with van der Waals surface area (Å²) in [5, 5.41) is 4.14. The Balaban J connectivity index is 1.98. The Bertz CT molecular complexity index is 345. The maximum atomic E-state index is 5.61. The van der Waals surface area contributed by atoms with Gasteiger partial charge in [0.2, 0.25) is 0 Å². The van der Waals surface area contributed by atoms with Crippen LogP contribution in [-0.2, 0) is 0 Å². The lowest BCUT2D eigenvalue weighted by molar-refractivity contribution is 0.762. The van der Waals surface area contributed by atoms with Crippen LogP contribution in [0.4, 0.5) is 11.6 Å². The van der Waals surface area contributed by atoms with Gasteiger partial charge in [0.05, 0.1) is 12.4 Å². The molecule has 1 saturated carbocycles. The summed E-state index contributed by atoms with van der Waals surface area (Å²) in [6, 6.07) is 0.515. The minimum Gasteiger partial charge on any atom is -0.382 e. The van der Waals surface area contributed by atoms with Crippen molar-refractivity contribution in [3.8, 4) is 0 Å². The summed E-state index contributed by atoms with van der Waals surface area (Å²) in [5.74, 6) is 2.45. The number of nitrogens with zero attached hydrogens (tertiary/aromatic N) is 2. The zero-order chi connectivity index (χ0) is 11.4. The molecule has 0 saturated heterocycles. The third-order valence-electron chi connectivity index (χ3n) is 2.82. The highest BCUT2D eigenvalue weighted by atomic mass is 32.2. The van der Waals surface area contributed by atoms with Gasteiger partial charge in [-0.1, -0.05) is 13.3 Å². The van der Waals surface area contributed by atoms with Crippen molar-refractivity contribution in [2.75, 3.05) is 16.8 Å². The molecule has 0 spiro atoms. The third-order valence-corrected chi connectivity index (χ3v) is 4.15. The van der Waals surface area contributed by atoms with Crippen molar-refractivity contribution in [3.63, 3.8) is 0 Å². The van der Waals surface area contributed by atoms with E-state index in [0.29, 0.717) is 17.1 Å². The van der Waals surface area contributed by atoms with Crippen molar-refractivity contribution >= 4 is 23.4 Å². The van der Waals surface area contributed by atoms with Gasteiger partial charge in [-0.05, 0) is 18.6 Å². The lowest BCUT2D eigenvalue weighted by Crippen LogP contribution is -2.26. The Morgan fingerprint density at radius 1 is 1.50 bits per heavy atom. The molecule has 2 atom stereocenters. The molecule has 4 nitrogen and oxygen atoms in total. The van der Waals surface area contributed by atoms with Gasteiger partial charge in [0.15, 0.2) is 0 Å². The van der Waals surface area contributed by atoms with Crippen LogP contribution in [-0.4, -0.2) is 27.0 Å². The second kappa shape index (κ2) is 5.39. The van der Waals surface area contributed by atoms with Gasteiger partial charge in [0, 0.05) is 11.3 Å². The Labute approximate surface area is 100 Å². The number of anilines is 2. The zero-order valence-electron chi connectivity index (χ0n) is 9.52. The van der Waals surface area contributed by atoms with Crippen LogP contribution >= 0.6 is 11.8 Å². The summed E-state index contributed by atoms with van der Waals surface area (Å²) >= 11 is 2.03. The number of aromatic nitrogens is 2. The van der Waals surface area contributed by atoms with Gasteiger partial charge >= 0.3 is 0 Å². The van der Waals surface area contributed by atoms with Crippen LogP contribution in [0.5, 0.6) is 0 Å². The quantitative estimate of drug-likeness (QED) is 0.841. The first-order valence-corrected chi connectivity index (χ1v) is 6.80. The van der Waals surface area contributed by atoms with Crippen molar-refractivity contribution in [2.24, 2.45) is 0 Å². The number of hydrogen-bond acceptors (Lipinski definition) is 5. The second-order valence-corrected chi connectivity index (χ2v) is 5.52. The van der Waals surface area contributed by atoms with Crippen molar-refractivity contribution < 1.29 is 0 Å². The van der Waals surface area contributed by atoms with Crippen molar-refractivity contribution in [1.82, 2.24) is 9.97 Å². The van der Waals surface area contributed by atoms with E-state index >= 15 is 0 Å². The van der Waals surface area contributed by atoms with E-state index in [-0.39, 0.29) is 0 Å². The monoisotopic (exact) mass is 238 g/mol. The van der Waals surface area contributed by atoms with E-state index in [0.717, 1.165) is 5.82 Å². The van der Waals surface area contributed by atoms with Crippen LogP contribution in [0, 0.1) is 0 Å². The van der Waals surface area contributed by atoms with E-state index in [9.17, 15) is 0 Å². The maximum absolute atomic E-state index is 5.61. The Morgan fingerprint density at radius 3 is 3.12 bits per heavy atom. The van der Waals surface area contributed by atoms with Crippen LogP contribution in [0.1, 0.15) is 26.2 Å². The molecule has 1 fully saturated rings. The highest BCUT2D eigenvalue weighted by Gasteiger charge is 2.27. The third kappa shape index (κ3) is 2.78. The van der Waals surface area contributed by atoms with Gasteiger partial charge in [-0.25, -0.2) is 4.98 Å². The van der Waals surface area contributed by atoms with Gasteiger partial charge in [0.25, 0.3) is 0 Å². The highest BCUT2D eigenvalue weighted by Crippen LogP contribution is 2.31. The van der Waals surface area contributed by atoms with Gasteiger partial charge in [-0.2, -0.15) is 11.8 Å². The highest BCUT2D eigenvalue weighted by molar-refractivity contribution is 7.99. The zero-order valence-corrected chi connectivity index (χ0v) is 10.3. The van der Waals surface area contributed by atoms with Crippen LogP contribution < -0.4 is 11.1 Å².